The Bertz CT molecular complexity index is 977. The third kappa shape index (κ3) is 2.94. The molecular weight excluding hydrogens is 333 g/mol. The molecule has 0 N–H and O–H groups in total. The number of hydrogen-bond acceptors (Lipinski definition) is 5. The summed E-state index contributed by atoms with van der Waals surface area (Å²) in [6.45, 7) is 4.22. The molecule has 3 rings (SSSR count). The summed E-state index contributed by atoms with van der Waals surface area (Å²) in [4.78, 5) is 3.95. The van der Waals surface area contributed by atoms with E-state index in [0.717, 1.165) is 0 Å². The first-order valence-electron chi connectivity index (χ1n) is 7.33. The zero-order valence-corrected chi connectivity index (χ0v) is 14.0. The van der Waals surface area contributed by atoms with Gasteiger partial charge in [-0.25, -0.2) is 17.8 Å². The van der Waals surface area contributed by atoms with E-state index in [4.69, 9.17) is 0 Å². The lowest BCUT2D eigenvalue weighted by molar-refractivity contribution is 0.577. The second-order valence-electron chi connectivity index (χ2n) is 5.23. The van der Waals surface area contributed by atoms with Crippen LogP contribution in [0.5, 0.6) is 0 Å². The molecule has 126 valence electrons. The summed E-state index contributed by atoms with van der Waals surface area (Å²) in [5.74, 6) is 0.222. The summed E-state index contributed by atoms with van der Waals surface area (Å²) in [7, 11) is -3.77. The van der Waals surface area contributed by atoms with Crippen LogP contribution >= 0.6 is 0 Å². The minimum Gasteiger partial charge on any atom is -0.315 e. The minimum absolute atomic E-state index is 0.156. The van der Waals surface area contributed by atoms with Crippen LogP contribution in [0.3, 0.4) is 0 Å². The van der Waals surface area contributed by atoms with Crippen LogP contribution < -0.4 is 0 Å². The van der Waals surface area contributed by atoms with Crippen LogP contribution in [-0.2, 0) is 22.1 Å². The third-order valence-corrected chi connectivity index (χ3v) is 5.12. The molecule has 3 aromatic rings. The lowest BCUT2D eigenvalue weighted by Gasteiger charge is -2.09. The van der Waals surface area contributed by atoms with E-state index in [0.29, 0.717) is 23.9 Å². The summed E-state index contributed by atoms with van der Waals surface area (Å²) < 4.78 is 42.0. The van der Waals surface area contributed by atoms with Gasteiger partial charge >= 0.3 is 0 Å². The van der Waals surface area contributed by atoms with Crippen molar-refractivity contribution in [1.29, 1.82) is 0 Å². The quantitative estimate of drug-likeness (QED) is 0.703. The molecule has 7 nitrogen and oxygen atoms in total. The molecule has 1 aromatic carbocycles. The maximum atomic E-state index is 13.4. The van der Waals surface area contributed by atoms with Gasteiger partial charge in [0.25, 0.3) is 0 Å². The second kappa shape index (κ2) is 6.16. The molecule has 9 heteroatoms. The van der Waals surface area contributed by atoms with Crippen LogP contribution in [-0.4, -0.2) is 32.7 Å². The fourth-order valence-electron chi connectivity index (χ4n) is 2.52. The van der Waals surface area contributed by atoms with Crippen molar-refractivity contribution < 1.29 is 12.8 Å². The molecule has 0 aliphatic carbocycles. The third-order valence-electron chi connectivity index (χ3n) is 3.62. The molecule has 0 bridgehead atoms. The van der Waals surface area contributed by atoms with Crippen molar-refractivity contribution in [1.82, 2.24) is 24.3 Å². The molecule has 0 aliphatic heterocycles. The maximum absolute atomic E-state index is 13.4. The smallest absolute Gasteiger partial charge is 0.232 e. The molecule has 0 radical (unpaired) electrons. The molecule has 2 aromatic heterocycles. The Hall–Kier alpha value is -2.55. The molecule has 0 aliphatic rings. The summed E-state index contributed by atoms with van der Waals surface area (Å²) >= 11 is 0. The van der Waals surface area contributed by atoms with E-state index in [1.165, 1.54) is 35.2 Å². The number of nitrogens with zero attached hydrogens (tertiary/aromatic N) is 5. The predicted molar refractivity (Wildman–Crippen MR) is 84.8 cm³/mol. The van der Waals surface area contributed by atoms with E-state index >= 15 is 0 Å². The monoisotopic (exact) mass is 349 g/mol. The van der Waals surface area contributed by atoms with E-state index in [9.17, 15) is 12.8 Å². The largest absolute Gasteiger partial charge is 0.315 e. The summed E-state index contributed by atoms with van der Waals surface area (Å²) in [6.07, 6.45) is 2.85. The Morgan fingerprint density at radius 3 is 2.75 bits per heavy atom. The molecule has 24 heavy (non-hydrogen) atoms. The van der Waals surface area contributed by atoms with Crippen LogP contribution in [0, 0.1) is 12.7 Å². The van der Waals surface area contributed by atoms with Crippen LogP contribution in [0.25, 0.3) is 5.69 Å². The van der Waals surface area contributed by atoms with Gasteiger partial charge in [-0.15, -0.1) is 10.2 Å². The molecule has 0 spiro atoms. The standard InChI is InChI=1S/C15H16FN5O2S/c1-3-20-11(2)18-19-14(20)10-24(22,23)15-17-7-8-21(15)13-6-4-5-12(16)9-13/h4-9H,3,10H2,1-2H3. The maximum Gasteiger partial charge on any atom is 0.232 e. The number of hydrogen-bond donors (Lipinski definition) is 0. The molecule has 0 atom stereocenters. The van der Waals surface area contributed by atoms with Gasteiger partial charge in [-0.3, -0.25) is 4.57 Å². The average Bonchev–Trinajstić information content (AvgIpc) is 3.14. The minimum atomic E-state index is -3.77. The van der Waals surface area contributed by atoms with Crippen molar-refractivity contribution in [3.63, 3.8) is 0 Å². The molecular formula is C15H16FN5O2S. The first-order valence-corrected chi connectivity index (χ1v) is 8.98. The number of benzene rings is 1. The Morgan fingerprint density at radius 1 is 1.25 bits per heavy atom. The molecule has 0 saturated heterocycles. The van der Waals surface area contributed by atoms with Gasteiger partial charge in [0.05, 0.1) is 5.69 Å². The fourth-order valence-corrected chi connectivity index (χ4v) is 3.89. The van der Waals surface area contributed by atoms with Gasteiger partial charge in [-0.1, -0.05) is 6.07 Å². The van der Waals surface area contributed by atoms with Gasteiger partial charge in [0.1, 0.15) is 23.2 Å². The molecule has 0 unspecified atom stereocenters. The number of sulfone groups is 1. The van der Waals surface area contributed by atoms with Crippen molar-refractivity contribution in [2.45, 2.75) is 31.3 Å². The van der Waals surface area contributed by atoms with Crippen molar-refractivity contribution in [2.24, 2.45) is 0 Å². The van der Waals surface area contributed by atoms with E-state index in [-0.39, 0.29) is 10.9 Å². The number of aromatic nitrogens is 5. The Kier molecular flexibility index (Phi) is 4.18. The zero-order valence-electron chi connectivity index (χ0n) is 13.2. The van der Waals surface area contributed by atoms with Crippen molar-refractivity contribution in [3.05, 3.63) is 54.1 Å². The summed E-state index contributed by atoms with van der Waals surface area (Å²) in [6, 6.07) is 5.67. The first kappa shape index (κ1) is 16.3. The van der Waals surface area contributed by atoms with Gasteiger partial charge in [0.2, 0.25) is 15.0 Å². The fraction of sp³-hybridized carbons (Fsp3) is 0.267. The normalized spacial score (nSPS) is 11.8. The van der Waals surface area contributed by atoms with Gasteiger partial charge < -0.3 is 4.57 Å². The van der Waals surface area contributed by atoms with Crippen LogP contribution in [0.15, 0.2) is 41.8 Å². The van der Waals surface area contributed by atoms with E-state index < -0.39 is 15.7 Å². The lowest BCUT2D eigenvalue weighted by atomic mass is 10.3. The highest BCUT2D eigenvalue weighted by atomic mass is 32.2. The van der Waals surface area contributed by atoms with Crippen LogP contribution in [0.2, 0.25) is 0 Å². The van der Waals surface area contributed by atoms with E-state index in [1.807, 2.05) is 6.92 Å². The molecule has 2 heterocycles. The second-order valence-corrected chi connectivity index (χ2v) is 7.11. The molecule has 0 amide bonds. The number of aryl methyl sites for hydroxylation is 1. The number of halogens is 1. The number of rotatable bonds is 5. The summed E-state index contributed by atoms with van der Waals surface area (Å²) in [5.41, 5.74) is 0.388. The highest BCUT2D eigenvalue weighted by Gasteiger charge is 2.25. The lowest BCUT2D eigenvalue weighted by Crippen LogP contribution is -2.15. The Morgan fingerprint density at radius 2 is 2.04 bits per heavy atom. The average molecular weight is 349 g/mol. The Labute approximate surface area is 138 Å². The van der Waals surface area contributed by atoms with E-state index in [1.54, 1.807) is 17.6 Å². The topological polar surface area (TPSA) is 82.7 Å². The van der Waals surface area contributed by atoms with Crippen LogP contribution in [0.4, 0.5) is 4.39 Å². The SMILES string of the molecule is CCn1c(C)nnc1CS(=O)(=O)c1nccn1-c1cccc(F)c1. The van der Waals surface area contributed by atoms with Gasteiger partial charge in [0.15, 0.2) is 0 Å². The van der Waals surface area contributed by atoms with Crippen molar-refractivity contribution >= 4 is 9.84 Å². The van der Waals surface area contributed by atoms with Gasteiger partial charge in [-0.05, 0) is 32.0 Å². The highest BCUT2D eigenvalue weighted by molar-refractivity contribution is 7.90. The van der Waals surface area contributed by atoms with Gasteiger partial charge in [0, 0.05) is 18.9 Å². The van der Waals surface area contributed by atoms with Gasteiger partial charge in [-0.2, -0.15) is 0 Å². The highest BCUT2D eigenvalue weighted by Crippen LogP contribution is 2.19. The Balaban J connectivity index is 2.01. The van der Waals surface area contributed by atoms with E-state index in [2.05, 4.69) is 15.2 Å². The van der Waals surface area contributed by atoms with Crippen molar-refractivity contribution in [3.8, 4) is 5.69 Å². The predicted octanol–water partition coefficient (Wildman–Crippen LogP) is 1.91. The molecule has 0 fully saturated rings. The van der Waals surface area contributed by atoms with Crippen LogP contribution in [0.1, 0.15) is 18.6 Å². The van der Waals surface area contributed by atoms with Crippen molar-refractivity contribution in [2.75, 3.05) is 0 Å². The zero-order chi connectivity index (χ0) is 17.3. The first-order chi connectivity index (χ1) is 11.4. The number of imidazole rings is 1. The summed E-state index contributed by atoms with van der Waals surface area (Å²) in [5, 5.41) is 7.70. The molecule has 0 saturated carbocycles.